The van der Waals surface area contributed by atoms with Gasteiger partial charge < -0.3 is 5.11 Å². The Labute approximate surface area is 152 Å². The van der Waals surface area contributed by atoms with E-state index < -0.39 is 75.2 Å². The van der Waals surface area contributed by atoms with Gasteiger partial charge in [0.2, 0.25) is 5.78 Å². The van der Waals surface area contributed by atoms with Gasteiger partial charge in [-0.1, -0.05) is 17.9 Å². The Kier molecular flexibility index (Phi) is 5.32. The Bertz CT molecular complexity index is 1000. The minimum atomic E-state index is -6.77. The van der Waals surface area contributed by atoms with Crippen molar-refractivity contribution in [2.75, 3.05) is 0 Å². The van der Waals surface area contributed by atoms with Crippen molar-refractivity contribution in [3.8, 4) is 0 Å². The first-order valence-corrected chi connectivity index (χ1v) is 7.05. The van der Waals surface area contributed by atoms with E-state index in [0.717, 1.165) is 0 Å². The van der Waals surface area contributed by atoms with E-state index in [1.165, 1.54) is 0 Å². The van der Waals surface area contributed by atoms with Crippen molar-refractivity contribution in [3.05, 3.63) is 53.1 Å². The molecule has 2 nitrogen and oxygen atoms in total. The number of carbonyl (C=O) groups is 1. The van der Waals surface area contributed by atoms with Crippen LogP contribution >= 0.6 is 0 Å². The van der Waals surface area contributed by atoms with E-state index in [-0.39, 0.29) is 6.07 Å². The Balaban J connectivity index is 2.62. The van der Waals surface area contributed by atoms with Gasteiger partial charge in [-0.3, -0.25) is 4.79 Å². The van der Waals surface area contributed by atoms with Gasteiger partial charge in [-0.2, -0.15) is 26.3 Å². The zero-order valence-electron chi connectivity index (χ0n) is 13.3. The number of alkyl halides is 7. The third-order valence-corrected chi connectivity index (χ3v) is 3.74. The lowest BCUT2D eigenvalue weighted by molar-refractivity contribution is -0.323. The first-order valence-electron chi connectivity index (χ1n) is 7.05. The molecule has 29 heavy (non-hydrogen) atoms. The van der Waals surface area contributed by atoms with Gasteiger partial charge >= 0.3 is 18.0 Å². The summed E-state index contributed by atoms with van der Waals surface area (Å²) in [6.07, 6.45) is -14.4. The summed E-state index contributed by atoms with van der Waals surface area (Å²) < 4.78 is 142. The summed E-state index contributed by atoms with van der Waals surface area (Å²) in [5.74, 6) is -13.7. The number of fused-ring (bicyclic) bond motifs is 1. The topological polar surface area (TPSA) is 40.1 Å². The number of halogens is 11. The lowest BCUT2D eigenvalue weighted by Gasteiger charge is -2.28. The van der Waals surface area contributed by atoms with E-state index in [4.69, 9.17) is 0 Å². The van der Waals surface area contributed by atoms with E-state index >= 15 is 0 Å². The highest BCUT2D eigenvalue weighted by atomic mass is 19.4. The quantitative estimate of drug-likeness (QED) is 0.233. The molecule has 0 bridgehead atoms. The first kappa shape index (κ1) is 22.4. The van der Waals surface area contributed by atoms with Crippen LogP contribution in [0.15, 0.2) is 24.3 Å². The van der Waals surface area contributed by atoms with Crippen molar-refractivity contribution in [2.45, 2.75) is 18.0 Å². The minimum Gasteiger partial charge on any atom is -0.872 e. The molecule has 0 radical (unpaired) electrons. The largest absolute Gasteiger partial charge is 0.872 e. The van der Waals surface area contributed by atoms with Crippen LogP contribution in [-0.2, 0) is 4.79 Å². The minimum absolute atomic E-state index is 0.240. The number of ketones is 1. The predicted octanol–water partition coefficient (Wildman–Crippen LogP) is 4.50. The molecule has 0 aliphatic heterocycles. The van der Waals surface area contributed by atoms with E-state index in [1.54, 1.807) is 0 Å². The predicted molar refractivity (Wildman–Crippen MR) is 72.7 cm³/mol. The molecule has 0 atom stereocenters. The number of hydrogen-bond acceptors (Lipinski definition) is 2. The zero-order chi connectivity index (χ0) is 22.5. The van der Waals surface area contributed by atoms with Crippen LogP contribution in [0, 0.1) is 23.3 Å². The van der Waals surface area contributed by atoms with E-state index in [0.29, 0.717) is 12.1 Å². The molecular weight excluding hydrogens is 433 g/mol. The van der Waals surface area contributed by atoms with Crippen LogP contribution in [0.2, 0.25) is 0 Å². The summed E-state index contributed by atoms with van der Waals surface area (Å²) in [5.41, 5.74) is -7.43. The van der Waals surface area contributed by atoms with Crippen molar-refractivity contribution >= 4 is 22.3 Å². The molecule has 0 fully saturated rings. The van der Waals surface area contributed by atoms with Crippen molar-refractivity contribution in [1.29, 1.82) is 0 Å². The molecule has 0 aromatic heterocycles. The second-order valence-corrected chi connectivity index (χ2v) is 5.54. The second kappa shape index (κ2) is 6.88. The van der Waals surface area contributed by atoms with Gasteiger partial charge in [0.25, 0.3) is 0 Å². The molecule has 0 spiro atoms. The van der Waals surface area contributed by atoms with Crippen molar-refractivity contribution in [3.63, 3.8) is 0 Å². The maximum Gasteiger partial charge on any atom is 0.439 e. The summed E-state index contributed by atoms with van der Waals surface area (Å²) in [4.78, 5) is 11.3. The Hall–Kier alpha value is -2.86. The fourth-order valence-corrected chi connectivity index (χ4v) is 2.24. The molecule has 0 saturated carbocycles. The molecule has 158 valence electrons. The Morgan fingerprint density at radius 1 is 0.759 bits per heavy atom. The fraction of sp³-hybridized carbons (Fsp3) is 0.188. The van der Waals surface area contributed by atoms with E-state index in [2.05, 4.69) is 0 Å². The van der Waals surface area contributed by atoms with E-state index in [1.807, 2.05) is 0 Å². The SMILES string of the molecule is O=C(/C=C(\[O-])c1ccc2c(F)c(F)c(F)c(F)c2c1)C(F)(C(F)(F)F)C(F)(F)F. The summed E-state index contributed by atoms with van der Waals surface area (Å²) in [5, 5.41) is 9.76. The summed E-state index contributed by atoms with van der Waals surface area (Å²) >= 11 is 0. The van der Waals surface area contributed by atoms with Crippen LogP contribution < -0.4 is 5.11 Å². The summed E-state index contributed by atoms with van der Waals surface area (Å²) in [6.45, 7) is 0. The standard InChI is InChI=1S/C16H5F11O2/c17-10-6-2-1-5(3-7(6)11(18)13(20)12(10)19)8(28)4-9(29)14(21,15(22,23)24)16(25,26)27/h1-4,28H/p-1/b8-4-. The van der Waals surface area contributed by atoms with Gasteiger partial charge in [-0.15, -0.1) is 0 Å². The maximum absolute atomic E-state index is 13.7. The van der Waals surface area contributed by atoms with Crippen LogP contribution in [0.3, 0.4) is 0 Å². The van der Waals surface area contributed by atoms with Gasteiger partial charge in [-0.05, 0) is 17.7 Å². The van der Waals surface area contributed by atoms with Gasteiger partial charge in [-0.25, -0.2) is 22.0 Å². The van der Waals surface area contributed by atoms with Crippen LogP contribution in [-0.4, -0.2) is 23.8 Å². The highest BCUT2D eigenvalue weighted by Gasteiger charge is 2.76. The van der Waals surface area contributed by atoms with Crippen LogP contribution in [0.25, 0.3) is 16.5 Å². The molecule has 0 saturated heterocycles. The normalized spacial score (nSPS) is 13.8. The monoisotopic (exact) mass is 437 g/mol. The first-order chi connectivity index (χ1) is 13.0. The number of benzene rings is 2. The van der Waals surface area contributed by atoms with Gasteiger partial charge in [0.15, 0.2) is 23.3 Å². The second-order valence-electron chi connectivity index (χ2n) is 5.54. The number of carbonyl (C=O) groups excluding carboxylic acids is 1. The molecule has 0 amide bonds. The Morgan fingerprint density at radius 3 is 1.66 bits per heavy atom. The molecule has 2 aromatic rings. The van der Waals surface area contributed by atoms with E-state index in [9.17, 15) is 58.2 Å². The van der Waals surface area contributed by atoms with Crippen molar-refractivity contribution in [2.24, 2.45) is 0 Å². The zero-order valence-corrected chi connectivity index (χ0v) is 13.3. The molecule has 0 aliphatic carbocycles. The molecule has 0 unspecified atom stereocenters. The molecular formula is C16H4F11O2-. The Morgan fingerprint density at radius 2 is 1.21 bits per heavy atom. The third kappa shape index (κ3) is 3.49. The summed E-state index contributed by atoms with van der Waals surface area (Å²) in [6, 6.07) is 1.16. The fourth-order valence-electron chi connectivity index (χ4n) is 2.24. The van der Waals surface area contributed by atoms with Crippen molar-refractivity contribution < 1.29 is 58.2 Å². The number of rotatable bonds is 3. The average Bonchev–Trinajstić information content (AvgIpc) is 2.61. The van der Waals surface area contributed by atoms with Gasteiger partial charge in [0.1, 0.15) is 0 Å². The highest BCUT2D eigenvalue weighted by Crippen LogP contribution is 2.47. The molecule has 2 aromatic carbocycles. The number of hydrogen-bond donors (Lipinski definition) is 0. The van der Waals surface area contributed by atoms with Crippen LogP contribution in [0.1, 0.15) is 5.56 Å². The maximum atomic E-state index is 13.7. The lowest BCUT2D eigenvalue weighted by Crippen LogP contribution is -2.58. The molecule has 0 heterocycles. The van der Waals surface area contributed by atoms with Gasteiger partial charge in [0, 0.05) is 10.8 Å². The van der Waals surface area contributed by atoms with Crippen LogP contribution in [0.4, 0.5) is 48.3 Å². The average molecular weight is 437 g/mol. The van der Waals surface area contributed by atoms with Crippen LogP contribution in [0.5, 0.6) is 0 Å². The molecule has 0 aliphatic rings. The lowest BCUT2D eigenvalue weighted by atomic mass is 9.96. The number of allylic oxidation sites excluding steroid dienone is 1. The molecule has 0 N–H and O–H groups in total. The third-order valence-electron chi connectivity index (χ3n) is 3.74. The van der Waals surface area contributed by atoms with Gasteiger partial charge in [0.05, 0.1) is 0 Å². The summed E-state index contributed by atoms with van der Waals surface area (Å²) in [7, 11) is 0. The molecule has 2 rings (SSSR count). The van der Waals surface area contributed by atoms with Crippen molar-refractivity contribution in [1.82, 2.24) is 0 Å². The molecule has 13 heteroatoms. The highest BCUT2D eigenvalue weighted by molar-refractivity contribution is 6.02. The smallest absolute Gasteiger partial charge is 0.439 e.